The normalized spacial score (nSPS) is 17.2. The number of carbonyl (C=O) groups excluding carboxylic acids is 2. The van der Waals surface area contributed by atoms with Crippen molar-refractivity contribution < 1.29 is 24.0 Å². The van der Waals surface area contributed by atoms with E-state index in [0.717, 1.165) is 6.07 Å². The van der Waals surface area contributed by atoms with Crippen LogP contribution in [0, 0.1) is 10.1 Å². The van der Waals surface area contributed by atoms with Crippen LogP contribution in [0.1, 0.15) is 44.5 Å². The predicted molar refractivity (Wildman–Crippen MR) is 109 cm³/mol. The van der Waals surface area contributed by atoms with Crippen molar-refractivity contribution in [3.05, 3.63) is 40.0 Å². The molecule has 154 valence electrons. The lowest BCUT2D eigenvalue weighted by Gasteiger charge is -2.39. The number of benzene rings is 1. The maximum absolute atomic E-state index is 13.0. The molecule has 1 saturated heterocycles. The van der Waals surface area contributed by atoms with Gasteiger partial charge >= 0.3 is 0 Å². The van der Waals surface area contributed by atoms with Gasteiger partial charge in [0.05, 0.1) is 32.0 Å². The Morgan fingerprint density at radius 1 is 1.34 bits per heavy atom. The quantitative estimate of drug-likeness (QED) is 0.229. The van der Waals surface area contributed by atoms with Crippen LogP contribution >= 0.6 is 0 Å². The molecule has 29 heavy (non-hydrogen) atoms. The number of nitrogens with zero attached hydrogens (tertiary/aromatic N) is 2. The lowest BCUT2D eigenvalue weighted by Crippen LogP contribution is -2.40. The van der Waals surface area contributed by atoms with Crippen LogP contribution < -0.4 is 9.47 Å². The first-order valence-corrected chi connectivity index (χ1v) is 9.09. The SMILES string of the molecule is [B]C(C)(C)C(C)(C)Oc1cc([N+](=O)[O-])c(C(=O)N2CC(=C)C[C@H]2C=O)cc1OC. The molecular weight excluding hydrogens is 375 g/mol. The van der Waals surface area contributed by atoms with E-state index in [9.17, 15) is 19.7 Å². The van der Waals surface area contributed by atoms with Gasteiger partial charge in [-0.25, -0.2) is 0 Å². The molecule has 1 aliphatic heterocycles. The number of nitro groups is 1. The van der Waals surface area contributed by atoms with Gasteiger partial charge in [-0.3, -0.25) is 14.9 Å². The summed E-state index contributed by atoms with van der Waals surface area (Å²) in [6.45, 7) is 11.0. The number of carbonyl (C=O) groups is 2. The van der Waals surface area contributed by atoms with Gasteiger partial charge in [-0.2, -0.15) is 0 Å². The van der Waals surface area contributed by atoms with Crippen molar-refractivity contribution in [3.8, 4) is 11.5 Å². The predicted octanol–water partition coefficient (Wildman–Crippen LogP) is 3.10. The van der Waals surface area contributed by atoms with Gasteiger partial charge in [0.15, 0.2) is 11.5 Å². The van der Waals surface area contributed by atoms with Gasteiger partial charge in [0.2, 0.25) is 0 Å². The van der Waals surface area contributed by atoms with Crippen molar-refractivity contribution in [2.75, 3.05) is 13.7 Å². The minimum absolute atomic E-state index is 0.0945. The Balaban J connectivity index is 2.55. The summed E-state index contributed by atoms with van der Waals surface area (Å²) < 4.78 is 11.3. The second-order valence-electron chi connectivity index (χ2n) is 8.20. The van der Waals surface area contributed by atoms with Crippen LogP contribution in [0.2, 0.25) is 5.31 Å². The largest absolute Gasteiger partial charge is 0.493 e. The average Bonchev–Trinajstić information content (AvgIpc) is 3.00. The molecule has 9 heteroatoms. The number of nitro benzene ring substituents is 1. The molecule has 0 unspecified atom stereocenters. The minimum Gasteiger partial charge on any atom is -0.493 e. The molecule has 0 bridgehead atoms. The van der Waals surface area contributed by atoms with Gasteiger partial charge in [-0.15, -0.1) is 0 Å². The van der Waals surface area contributed by atoms with Crippen LogP contribution in [0.5, 0.6) is 11.5 Å². The van der Waals surface area contributed by atoms with Crippen LogP contribution in [0.3, 0.4) is 0 Å². The molecule has 1 atom stereocenters. The van der Waals surface area contributed by atoms with Crippen molar-refractivity contribution >= 4 is 25.7 Å². The summed E-state index contributed by atoms with van der Waals surface area (Å²) in [7, 11) is 7.52. The number of rotatable bonds is 7. The summed E-state index contributed by atoms with van der Waals surface area (Å²) in [5.74, 6) is -0.398. The molecule has 1 aromatic carbocycles. The first kappa shape index (κ1) is 22.5. The van der Waals surface area contributed by atoms with Crippen molar-refractivity contribution in [1.82, 2.24) is 4.90 Å². The van der Waals surface area contributed by atoms with E-state index in [1.807, 2.05) is 0 Å². The number of hydrogen-bond acceptors (Lipinski definition) is 6. The maximum atomic E-state index is 13.0. The summed E-state index contributed by atoms with van der Waals surface area (Å²) in [6, 6.07) is 1.71. The third-order valence-corrected chi connectivity index (χ3v) is 5.34. The summed E-state index contributed by atoms with van der Waals surface area (Å²) in [5, 5.41) is 10.9. The number of ether oxygens (including phenoxy) is 2. The van der Waals surface area contributed by atoms with Gasteiger partial charge in [-0.05, 0) is 25.6 Å². The third kappa shape index (κ3) is 4.44. The zero-order valence-corrected chi connectivity index (χ0v) is 17.4. The Labute approximate surface area is 171 Å². The molecule has 8 nitrogen and oxygen atoms in total. The van der Waals surface area contributed by atoms with E-state index in [2.05, 4.69) is 6.58 Å². The molecule has 0 spiro atoms. The lowest BCUT2D eigenvalue weighted by molar-refractivity contribution is -0.385. The molecule has 1 fully saturated rings. The van der Waals surface area contributed by atoms with Gasteiger partial charge in [0.25, 0.3) is 11.6 Å². The standard InChI is InChI=1S/C20H25BN2O6/c1-12-7-13(11-24)22(10-12)18(25)14-8-16(28-6)17(9-15(14)23(26)27)29-20(4,5)19(2,3)21/h8-9,11,13H,1,7,10H2,2-6H3/t13-/m0/s1. The van der Waals surface area contributed by atoms with E-state index in [1.165, 1.54) is 18.1 Å². The number of hydrogen-bond donors (Lipinski definition) is 0. The Morgan fingerprint density at radius 2 is 1.97 bits per heavy atom. The van der Waals surface area contributed by atoms with Gasteiger partial charge in [-0.1, -0.05) is 26.0 Å². The van der Waals surface area contributed by atoms with Crippen molar-refractivity contribution in [2.24, 2.45) is 0 Å². The van der Waals surface area contributed by atoms with Gasteiger partial charge in [0, 0.05) is 12.6 Å². The highest BCUT2D eigenvalue weighted by Crippen LogP contribution is 2.43. The van der Waals surface area contributed by atoms with Gasteiger partial charge in [0.1, 0.15) is 17.5 Å². The molecule has 1 heterocycles. The van der Waals surface area contributed by atoms with Crippen molar-refractivity contribution in [3.63, 3.8) is 0 Å². The fourth-order valence-electron chi connectivity index (χ4n) is 2.84. The maximum Gasteiger partial charge on any atom is 0.286 e. The first-order chi connectivity index (χ1) is 13.3. The Hall–Kier alpha value is -2.84. The first-order valence-electron chi connectivity index (χ1n) is 9.09. The molecular formula is C20H25BN2O6. The third-order valence-electron chi connectivity index (χ3n) is 5.34. The molecule has 0 saturated carbocycles. The molecule has 1 aromatic rings. The fraction of sp³-hybridized carbons (Fsp3) is 0.500. The van der Waals surface area contributed by atoms with Crippen LogP contribution in [-0.2, 0) is 4.79 Å². The highest BCUT2D eigenvalue weighted by Gasteiger charge is 2.38. The molecule has 2 radical (unpaired) electrons. The Kier molecular flexibility index (Phi) is 6.11. The van der Waals surface area contributed by atoms with Crippen LogP contribution in [-0.4, -0.2) is 55.2 Å². The monoisotopic (exact) mass is 400 g/mol. The molecule has 2 rings (SSSR count). The molecule has 0 aromatic heterocycles. The smallest absolute Gasteiger partial charge is 0.286 e. The number of amides is 1. The second-order valence-corrected chi connectivity index (χ2v) is 8.20. The van der Waals surface area contributed by atoms with Crippen LogP contribution in [0.4, 0.5) is 5.69 Å². The van der Waals surface area contributed by atoms with E-state index in [4.69, 9.17) is 17.3 Å². The molecule has 1 amide bonds. The number of methoxy groups -OCH3 is 1. The molecule has 0 N–H and O–H groups in total. The summed E-state index contributed by atoms with van der Waals surface area (Å²) in [6.07, 6.45) is 0.976. The van der Waals surface area contributed by atoms with E-state index in [1.54, 1.807) is 27.7 Å². The second kappa shape index (κ2) is 7.89. The number of aldehydes is 1. The Bertz CT molecular complexity index is 859. The fourth-order valence-corrected chi connectivity index (χ4v) is 2.84. The van der Waals surface area contributed by atoms with Crippen molar-refractivity contribution in [2.45, 2.75) is 51.1 Å². The zero-order valence-electron chi connectivity index (χ0n) is 17.4. The zero-order chi connectivity index (χ0) is 22.1. The number of likely N-dealkylation sites (tertiary alicyclic amines) is 1. The average molecular weight is 400 g/mol. The van der Waals surface area contributed by atoms with Crippen LogP contribution in [0.15, 0.2) is 24.3 Å². The van der Waals surface area contributed by atoms with E-state index in [-0.39, 0.29) is 23.6 Å². The van der Waals surface area contributed by atoms with E-state index >= 15 is 0 Å². The minimum atomic E-state index is -0.894. The van der Waals surface area contributed by atoms with Crippen molar-refractivity contribution in [1.29, 1.82) is 0 Å². The highest BCUT2D eigenvalue weighted by atomic mass is 16.6. The summed E-state index contributed by atoms with van der Waals surface area (Å²) in [5.41, 5.74) is -0.823. The summed E-state index contributed by atoms with van der Waals surface area (Å²) in [4.78, 5) is 36.6. The highest BCUT2D eigenvalue weighted by molar-refractivity contribution is 6.15. The molecule has 1 aliphatic rings. The van der Waals surface area contributed by atoms with Gasteiger partial charge < -0.3 is 19.2 Å². The van der Waals surface area contributed by atoms with E-state index in [0.29, 0.717) is 18.3 Å². The lowest BCUT2D eigenvalue weighted by atomic mass is 9.62. The molecule has 0 aliphatic carbocycles. The van der Waals surface area contributed by atoms with E-state index < -0.39 is 33.5 Å². The summed E-state index contributed by atoms with van der Waals surface area (Å²) >= 11 is 0. The Morgan fingerprint density at radius 3 is 2.45 bits per heavy atom. The topological polar surface area (TPSA) is 99.0 Å². The van der Waals surface area contributed by atoms with Crippen LogP contribution in [0.25, 0.3) is 0 Å².